The second-order valence-electron chi connectivity index (χ2n) is 5.11. The maximum absolute atomic E-state index is 11.4. The van der Waals surface area contributed by atoms with Gasteiger partial charge in [-0.15, -0.1) is 0 Å². The number of carboxylic acids is 1. The summed E-state index contributed by atoms with van der Waals surface area (Å²) in [5, 5.41) is 10.3. The van der Waals surface area contributed by atoms with Crippen molar-refractivity contribution in [3.05, 3.63) is 35.5 Å². The number of carbonyl (C=O) groups is 1. The first-order valence-electron chi connectivity index (χ1n) is 6.06. The third kappa shape index (κ3) is 2.14. The zero-order chi connectivity index (χ0) is 14.2. The first-order chi connectivity index (χ1) is 8.87. The fraction of sp³-hybridized carbons (Fsp3) is 0.333. The molecule has 0 aliphatic heterocycles. The van der Waals surface area contributed by atoms with Gasteiger partial charge in [0.15, 0.2) is 0 Å². The second kappa shape index (κ2) is 4.53. The largest absolute Gasteiger partial charge is 0.494 e. The molecule has 1 aromatic carbocycles. The number of para-hydroxylation sites is 1. The Balaban J connectivity index is 2.77. The molecular formula is C15H17NO3. The summed E-state index contributed by atoms with van der Waals surface area (Å²) < 4.78 is 5.30. The molecule has 4 heteroatoms. The fourth-order valence-corrected chi connectivity index (χ4v) is 1.99. The minimum absolute atomic E-state index is 0.537. The highest BCUT2D eigenvalue weighted by atomic mass is 16.5. The van der Waals surface area contributed by atoms with Crippen LogP contribution in [0.3, 0.4) is 0 Å². The monoisotopic (exact) mass is 259 g/mol. The zero-order valence-corrected chi connectivity index (χ0v) is 11.5. The van der Waals surface area contributed by atoms with Crippen LogP contribution in [0, 0.1) is 6.92 Å². The van der Waals surface area contributed by atoms with E-state index >= 15 is 0 Å². The minimum Gasteiger partial charge on any atom is -0.494 e. The van der Waals surface area contributed by atoms with E-state index in [1.54, 1.807) is 21.0 Å². The molecule has 0 unspecified atom stereocenters. The normalized spacial score (nSPS) is 11.6. The van der Waals surface area contributed by atoms with Crippen LogP contribution in [0.4, 0.5) is 0 Å². The van der Waals surface area contributed by atoms with E-state index in [1.807, 2.05) is 31.2 Å². The summed E-state index contributed by atoms with van der Waals surface area (Å²) in [7, 11) is 1.58. The van der Waals surface area contributed by atoms with Crippen molar-refractivity contribution in [1.29, 1.82) is 0 Å². The second-order valence-corrected chi connectivity index (χ2v) is 5.11. The number of fused-ring (bicyclic) bond motifs is 1. The third-order valence-electron chi connectivity index (χ3n) is 3.40. The number of hydrogen-bond donors (Lipinski definition) is 1. The highest BCUT2D eigenvalue weighted by Crippen LogP contribution is 2.30. The maximum atomic E-state index is 11.4. The van der Waals surface area contributed by atoms with Gasteiger partial charge in [-0.1, -0.05) is 12.1 Å². The molecule has 0 radical (unpaired) electrons. The molecule has 0 aliphatic carbocycles. The molecule has 1 aromatic heterocycles. The van der Waals surface area contributed by atoms with Crippen molar-refractivity contribution in [2.75, 3.05) is 7.11 Å². The molecular weight excluding hydrogens is 242 g/mol. The van der Waals surface area contributed by atoms with Crippen LogP contribution in [-0.2, 0) is 10.2 Å². The number of aliphatic carboxylic acids is 1. The smallest absolute Gasteiger partial charge is 0.315 e. The van der Waals surface area contributed by atoms with Crippen molar-refractivity contribution < 1.29 is 14.6 Å². The van der Waals surface area contributed by atoms with Gasteiger partial charge < -0.3 is 9.84 Å². The first-order valence-corrected chi connectivity index (χ1v) is 6.06. The van der Waals surface area contributed by atoms with Crippen LogP contribution in [0.5, 0.6) is 5.75 Å². The lowest BCUT2D eigenvalue weighted by Crippen LogP contribution is -2.29. The van der Waals surface area contributed by atoms with Gasteiger partial charge in [-0.25, -0.2) is 4.98 Å². The number of aromatic nitrogens is 1. The number of nitrogens with zero attached hydrogens (tertiary/aromatic N) is 1. The van der Waals surface area contributed by atoms with Crippen molar-refractivity contribution in [3.8, 4) is 5.75 Å². The van der Waals surface area contributed by atoms with Crippen molar-refractivity contribution >= 4 is 16.9 Å². The molecule has 0 aliphatic rings. The topological polar surface area (TPSA) is 59.4 Å². The van der Waals surface area contributed by atoms with E-state index in [4.69, 9.17) is 4.74 Å². The number of ether oxygens (including phenoxy) is 1. The van der Waals surface area contributed by atoms with Crippen LogP contribution in [0.1, 0.15) is 25.1 Å². The lowest BCUT2D eigenvalue weighted by atomic mass is 9.87. The lowest BCUT2D eigenvalue weighted by molar-refractivity contribution is -0.142. The summed E-state index contributed by atoms with van der Waals surface area (Å²) >= 11 is 0. The third-order valence-corrected chi connectivity index (χ3v) is 3.40. The van der Waals surface area contributed by atoms with Gasteiger partial charge in [0, 0.05) is 5.39 Å². The van der Waals surface area contributed by atoms with Crippen molar-refractivity contribution in [3.63, 3.8) is 0 Å². The van der Waals surface area contributed by atoms with E-state index in [2.05, 4.69) is 4.98 Å². The summed E-state index contributed by atoms with van der Waals surface area (Å²) in [6.45, 7) is 5.25. The van der Waals surface area contributed by atoms with E-state index < -0.39 is 11.4 Å². The molecule has 2 rings (SSSR count). The Hall–Kier alpha value is -2.10. The van der Waals surface area contributed by atoms with Crippen molar-refractivity contribution in [1.82, 2.24) is 4.98 Å². The van der Waals surface area contributed by atoms with Gasteiger partial charge in [-0.3, -0.25) is 4.79 Å². The Morgan fingerprint density at radius 1 is 1.37 bits per heavy atom. The highest BCUT2D eigenvalue weighted by Gasteiger charge is 2.31. The lowest BCUT2D eigenvalue weighted by Gasteiger charge is -2.20. The molecule has 0 saturated carbocycles. The summed E-state index contributed by atoms with van der Waals surface area (Å²) in [4.78, 5) is 15.8. The molecule has 0 atom stereocenters. The summed E-state index contributed by atoms with van der Waals surface area (Å²) in [5.41, 5.74) is 1.21. The molecule has 0 spiro atoms. The van der Waals surface area contributed by atoms with Crippen molar-refractivity contribution in [2.45, 2.75) is 26.2 Å². The number of hydrogen-bond acceptors (Lipinski definition) is 3. The number of aryl methyl sites for hydroxylation is 1. The van der Waals surface area contributed by atoms with Crippen LogP contribution < -0.4 is 4.74 Å². The minimum atomic E-state index is -1.03. The predicted octanol–water partition coefficient (Wildman–Crippen LogP) is 2.91. The standard InChI is InChI=1S/C15H17NO3/c1-9-8-12(15(2,3)14(17)18)16-13-10(9)6-5-7-11(13)19-4/h5-8H,1-4H3,(H,17,18). The number of carboxylic acid groups (broad SMARTS) is 1. The average molecular weight is 259 g/mol. The number of methoxy groups -OCH3 is 1. The van der Waals surface area contributed by atoms with Gasteiger partial charge in [0.2, 0.25) is 0 Å². The Morgan fingerprint density at radius 3 is 2.63 bits per heavy atom. The summed E-state index contributed by atoms with van der Waals surface area (Å²) in [6, 6.07) is 7.51. The Morgan fingerprint density at radius 2 is 2.05 bits per heavy atom. The number of benzene rings is 1. The molecule has 0 saturated heterocycles. The van der Waals surface area contributed by atoms with Crippen LogP contribution in [-0.4, -0.2) is 23.2 Å². The van der Waals surface area contributed by atoms with Gasteiger partial charge in [-0.2, -0.15) is 0 Å². The zero-order valence-electron chi connectivity index (χ0n) is 11.5. The summed E-state index contributed by atoms with van der Waals surface area (Å²) in [6.07, 6.45) is 0. The maximum Gasteiger partial charge on any atom is 0.315 e. The van der Waals surface area contributed by atoms with Crippen LogP contribution in [0.15, 0.2) is 24.3 Å². The van der Waals surface area contributed by atoms with Gasteiger partial charge in [0.05, 0.1) is 12.8 Å². The van der Waals surface area contributed by atoms with E-state index in [9.17, 15) is 9.90 Å². The average Bonchev–Trinajstić information content (AvgIpc) is 2.37. The molecule has 4 nitrogen and oxygen atoms in total. The van der Waals surface area contributed by atoms with Gasteiger partial charge in [0.25, 0.3) is 0 Å². The molecule has 1 N–H and O–H groups in total. The molecule has 1 heterocycles. The summed E-state index contributed by atoms with van der Waals surface area (Å²) in [5.74, 6) is -0.239. The van der Waals surface area contributed by atoms with Crippen LogP contribution in [0.2, 0.25) is 0 Å². The van der Waals surface area contributed by atoms with Crippen molar-refractivity contribution in [2.24, 2.45) is 0 Å². The molecule has 0 bridgehead atoms. The Labute approximate surface area is 112 Å². The van der Waals surface area contributed by atoms with E-state index in [0.717, 1.165) is 10.9 Å². The highest BCUT2D eigenvalue weighted by molar-refractivity contribution is 5.89. The SMILES string of the molecule is COc1cccc2c(C)cc(C(C)(C)C(=O)O)nc12. The van der Waals surface area contributed by atoms with E-state index in [-0.39, 0.29) is 0 Å². The van der Waals surface area contributed by atoms with Gasteiger partial charge in [0.1, 0.15) is 16.7 Å². The Bertz CT molecular complexity index is 647. The molecule has 100 valence electrons. The number of rotatable bonds is 3. The van der Waals surface area contributed by atoms with Gasteiger partial charge >= 0.3 is 5.97 Å². The fourth-order valence-electron chi connectivity index (χ4n) is 1.99. The van der Waals surface area contributed by atoms with E-state index in [1.165, 1.54) is 0 Å². The first kappa shape index (κ1) is 13.3. The quantitative estimate of drug-likeness (QED) is 0.920. The predicted molar refractivity (Wildman–Crippen MR) is 73.7 cm³/mol. The van der Waals surface area contributed by atoms with Crippen LogP contribution >= 0.6 is 0 Å². The van der Waals surface area contributed by atoms with E-state index in [0.29, 0.717) is 17.0 Å². The molecule has 2 aromatic rings. The van der Waals surface area contributed by atoms with Crippen LogP contribution in [0.25, 0.3) is 10.9 Å². The number of pyridine rings is 1. The molecule has 19 heavy (non-hydrogen) atoms. The van der Waals surface area contributed by atoms with Gasteiger partial charge in [-0.05, 0) is 38.5 Å². The molecule has 0 fully saturated rings. The Kier molecular flexibility index (Phi) is 3.18. The molecule has 0 amide bonds.